The molecular formula is C22H19N3O4. The molecule has 2 aromatic carbocycles. The maximum Gasteiger partial charge on any atom is 0.291 e. The molecule has 4 rings (SSSR count). The van der Waals surface area contributed by atoms with Gasteiger partial charge < -0.3 is 20.4 Å². The Balaban J connectivity index is 1.33. The Bertz CT molecular complexity index is 1020. The van der Waals surface area contributed by atoms with Crippen LogP contribution in [0.5, 0.6) is 0 Å². The SMILES string of the molecule is O=C(Nc1ccc(NC(=O)c2ccco2)cc1)c1ccc(NC(=O)C2CC2)cc1. The highest BCUT2D eigenvalue weighted by Gasteiger charge is 2.29. The van der Waals surface area contributed by atoms with E-state index in [-0.39, 0.29) is 29.4 Å². The van der Waals surface area contributed by atoms with Crippen LogP contribution in [0, 0.1) is 5.92 Å². The van der Waals surface area contributed by atoms with Gasteiger partial charge in [0.05, 0.1) is 6.26 Å². The minimum atomic E-state index is -0.347. The zero-order valence-electron chi connectivity index (χ0n) is 15.5. The van der Waals surface area contributed by atoms with Crippen molar-refractivity contribution in [1.82, 2.24) is 0 Å². The van der Waals surface area contributed by atoms with Crippen LogP contribution < -0.4 is 16.0 Å². The molecule has 0 aliphatic heterocycles. The molecule has 29 heavy (non-hydrogen) atoms. The van der Waals surface area contributed by atoms with Crippen LogP contribution in [0.3, 0.4) is 0 Å². The highest BCUT2D eigenvalue weighted by atomic mass is 16.3. The molecule has 1 aromatic heterocycles. The second kappa shape index (κ2) is 8.02. The maximum absolute atomic E-state index is 12.4. The van der Waals surface area contributed by atoms with Crippen molar-refractivity contribution in [2.45, 2.75) is 12.8 Å². The van der Waals surface area contributed by atoms with Gasteiger partial charge in [0.2, 0.25) is 5.91 Å². The minimum absolute atomic E-state index is 0.0291. The van der Waals surface area contributed by atoms with Crippen LogP contribution in [0.4, 0.5) is 17.1 Å². The third-order valence-corrected chi connectivity index (χ3v) is 4.51. The van der Waals surface area contributed by atoms with E-state index in [9.17, 15) is 14.4 Å². The maximum atomic E-state index is 12.4. The van der Waals surface area contributed by atoms with Crippen molar-refractivity contribution in [3.05, 3.63) is 78.3 Å². The molecule has 0 atom stereocenters. The van der Waals surface area contributed by atoms with E-state index in [1.165, 1.54) is 6.26 Å². The summed E-state index contributed by atoms with van der Waals surface area (Å²) in [6.45, 7) is 0. The minimum Gasteiger partial charge on any atom is -0.459 e. The van der Waals surface area contributed by atoms with Crippen molar-refractivity contribution in [3.8, 4) is 0 Å². The molecule has 146 valence electrons. The fourth-order valence-corrected chi connectivity index (χ4v) is 2.74. The van der Waals surface area contributed by atoms with Crippen LogP contribution in [-0.2, 0) is 4.79 Å². The first-order chi connectivity index (χ1) is 14.1. The molecule has 3 amide bonds. The Hall–Kier alpha value is -3.87. The van der Waals surface area contributed by atoms with Crippen molar-refractivity contribution in [2.24, 2.45) is 5.92 Å². The molecule has 0 radical (unpaired) electrons. The highest BCUT2D eigenvalue weighted by molar-refractivity contribution is 6.05. The molecule has 3 aromatic rings. The third kappa shape index (κ3) is 4.70. The van der Waals surface area contributed by atoms with Gasteiger partial charge in [0.1, 0.15) is 0 Å². The van der Waals surface area contributed by atoms with Gasteiger partial charge >= 0.3 is 0 Å². The summed E-state index contributed by atoms with van der Waals surface area (Å²) in [6.07, 6.45) is 3.32. The highest BCUT2D eigenvalue weighted by Crippen LogP contribution is 2.30. The van der Waals surface area contributed by atoms with Crippen molar-refractivity contribution >= 4 is 34.8 Å². The molecule has 7 nitrogen and oxygen atoms in total. The Morgan fingerprint density at radius 3 is 1.83 bits per heavy atom. The average Bonchev–Trinajstić information content (AvgIpc) is 3.44. The van der Waals surface area contributed by atoms with Crippen molar-refractivity contribution in [3.63, 3.8) is 0 Å². The number of hydrogen-bond acceptors (Lipinski definition) is 4. The summed E-state index contributed by atoms with van der Waals surface area (Å²) in [6, 6.07) is 16.7. The number of benzene rings is 2. The van der Waals surface area contributed by atoms with Crippen LogP contribution in [0.1, 0.15) is 33.8 Å². The molecule has 0 spiro atoms. The molecule has 1 saturated carbocycles. The first kappa shape index (κ1) is 18.5. The fraction of sp³-hybridized carbons (Fsp3) is 0.136. The van der Waals surface area contributed by atoms with Gasteiger partial charge in [-0.25, -0.2) is 0 Å². The molecule has 3 N–H and O–H groups in total. The van der Waals surface area contributed by atoms with Crippen LogP contribution in [-0.4, -0.2) is 17.7 Å². The number of carbonyl (C=O) groups is 3. The number of carbonyl (C=O) groups excluding carboxylic acids is 3. The molecule has 0 bridgehead atoms. The molecule has 1 aliphatic carbocycles. The zero-order valence-corrected chi connectivity index (χ0v) is 15.5. The van der Waals surface area contributed by atoms with Gasteiger partial charge in [0.25, 0.3) is 11.8 Å². The Morgan fingerprint density at radius 2 is 1.28 bits per heavy atom. The fourth-order valence-electron chi connectivity index (χ4n) is 2.74. The van der Waals surface area contributed by atoms with E-state index >= 15 is 0 Å². The number of anilines is 3. The van der Waals surface area contributed by atoms with Gasteiger partial charge in [-0.05, 0) is 73.5 Å². The lowest BCUT2D eigenvalue weighted by molar-refractivity contribution is -0.117. The smallest absolute Gasteiger partial charge is 0.291 e. The van der Waals surface area contributed by atoms with E-state index in [0.29, 0.717) is 22.6 Å². The van der Waals surface area contributed by atoms with E-state index in [0.717, 1.165) is 12.8 Å². The van der Waals surface area contributed by atoms with E-state index in [1.807, 2.05) is 0 Å². The van der Waals surface area contributed by atoms with E-state index in [1.54, 1.807) is 60.7 Å². The number of nitrogens with one attached hydrogen (secondary N) is 3. The topological polar surface area (TPSA) is 100 Å². The standard InChI is InChI=1S/C22H19N3O4/c26-20(14-3-4-14)23-16-7-5-15(6-8-16)21(27)24-17-9-11-18(12-10-17)25-22(28)19-2-1-13-29-19/h1-2,5-14H,3-4H2,(H,23,26)(H,24,27)(H,25,28). The summed E-state index contributed by atoms with van der Waals surface area (Å²) in [4.78, 5) is 36.1. The molecular weight excluding hydrogens is 370 g/mol. The monoisotopic (exact) mass is 389 g/mol. The molecule has 1 fully saturated rings. The molecule has 1 aliphatic rings. The van der Waals surface area contributed by atoms with Crippen LogP contribution in [0.25, 0.3) is 0 Å². The van der Waals surface area contributed by atoms with E-state index < -0.39 is 0 Å². The average molecular weight is 389 g/mol. The normalized spacial score (nSPS) is 12.8. The lowest BCUT2D eigenvalue weighted by atomic mass is 10.2. The zero-order chi connectivity index (χ0) is 20.2. The summed E-state index contributed by atoms with van der Waals surface area (Å²) in [5.41, 5.74) is 2.33. The first-order valence-electron chi connectivity index (χ1n) is 9.26. The van der Waals surface area contributed by atoms with Gasteiger partial charge in [-0.3, -0.25) is 14.4 Å². The Kier molecular flexibility index (Phi) is 5.11. The summed E-state index contributed by atoms with van der Waals surface area (Å²) in [7, 11) is 0. The number of hydrogen-bond donors (Lipinski definition) is 3. The number of furan rings is 1. The molecule has 7 heteroatoms. The number of amides is 3. The summed E-state index contributed by atoms with van der Waals surface area (Å²) in [5, 5.41) is 8.35. The van der Waals surface area contributed by atoms with Crippen molar-refractivity contribution in [1.29, 1.82) is 0 Å². The van der Waals surface area contributed by atoms with Crippen molar-refractivity contribution in [2.75, 3.05) is 16.0 Å². The molecule has 1 heterocycles. The summed E-state index contributed by atoms with van der Waals surface area (Å²) in [5.74, 6) is -0.233. The lowest BCUT2D eigenvalue weighted by Gasteiger charge is -2.08. The van der Waals surface area contributed by atoms with Gasteiger partial charge in [-0.2, -0.15) is 0 Å². The molecule has 0 saturated heterocycles. The predicted octanol–water partition coefficient (Wildman–Crippen LogP) is 4.13. The molecule has 0 unspecified atom stereocenters. The van der Waals surface area contributed by atoms with Gasteiger partial charge in [-0.15, -0.1) is 0 Å². The summed E-state index contributed by atoms with van der Waals surface area (Å²) >= 11 is 0. The lowest BCUT2D eigenvalue weighted by Crippen LogP contribution is -2.14. The van der Waals surface area contributed by atoms with Crippen LogP contribution >= 0.6 is 0 Å². The summed E-state index contributed by atoms with van der Waals surface area (Å²) < 4.78 is 5.04. The van der Waals surface area contributed by atoms with Crippen LogP contribution in [0.2, 0.25) is 0 Å². The Labute approximate surface area is 167 Å². The van der Waals surface area contributed by atoms with Crippen molar-refractivity contribution < 1.29 is 18.8 Å². The van der Waals surface area contributed by atoms with E-state index in [2.05, 4.69) is 16.0 Å². The van der Waals surface area contributed by atoms with Gasteiger partial charge in [-0.1, -0.05) is 0 Å². The predicted molar refractivity (Wildman–Crippen MR) is 109 cm³/mol. The van der Waals surface area contributed by atoms with Gasteiger partial charge in [0.15, 0.2) is 5.76 Å². The second-order valence-electron chi connectivity index (χ2n) is 6.80. The Morgan fingerprint density at radius 1 is 0.724 bits per heavy atom. The van der Waals surface area contributed by atoms with E-state index in [4.69, 9.17) is 4.42 Å². The number of rotatable bonds is 6. The third-order valence-electron chi connectivity index (χ3n) is 4.51. The second-order valence-corrected chi connectivity index (χ2v) is 6.80. The van der Waals surface area contributed by atoms with Crippen LogP contribution in [0.15, 0.2) is 71.3 Å². The first-order valence-corrected chi connectivity index (χ1v) is 9.26. The van der Waals surface area contributed by atoms with Gasteiger partial charge in [0, 0.05) is 28.5 Å². The quantitative estimate of drug-likeness (QED) is 0.590. The largest absolute Gasteiger partial charge is 0.459 e.